The Hall–Kier alpha value is -3.15. The third-order valence-electron chi connectivity index (χ3n) is 6.09. The summed E-state index contributed by atoms with van der Waals surface area (Å²) < 4.78 is 0. The summed E-state index contributed by atoms with van der Waals surface area (Å²) in [6.45, 7) is 3.58. The van der Waals surface area contributed by atoms with Crippen LogP contribution in [0.25, 0.3) is 0 Å². The van der Waals surface area contributed by atoms with E-state index in [1.807, 2.05) is 40.1 Å². The van der Waals surface area contributed by atoms with Crippen LogP contribution in [0.3, 0.4) is 0 Å². The first-order valence-electron chi connectivity index (χ1n) is 10.6. The maximum Gasteiger partial charge on any atom is 0.254 e. The molecular formula is C24H27N3O3. The van der Waals surface area contributed by atoms with E-state index in [0.717, 1.165) is 31.4 Å². The van der Waals surface area contributed by atoms with Crippen LogP contribution in [-0.4, -0.2) is 53.2 Å². The molecule has 6 nitrogen and oxygen atoms in total. The minimum Gasteiger partial charge on any atom is -0.338 e. The molecule has 30 heavy (non-hydrogen) atoms. The number of carbonyl (C=O) groups is 3. The number of rotatable bonds is 3. The summed E-state index contributed by atoms with van der Waals surface area (Å²) in [7, 11) is 0. The first-order valence-corrected chi connectivity index (χ1v) is 10.6. The largest absolute Gasteiger partial charge is 0.338 e. The summed E-state index contributed by atoms with van der Waals surface area (Å²) in [4.78, 5) is 41.1. The number of hydrogen-bond acceptors (Lipinski definition) is 3. The van der Waals surface area contributed by atoms with E-state index in [0.29, 0.717) is 30.3 Å². The molecule has 1 N–H and O–H groups in total. The second kappa shape index (κ2) is 8.69. The molecule has 0 aromatic heterocycles. The van der Waals surface area contributed by atoms with Gasteiger partial charge in [-0.25, -0.2) is 0 Å². The quantitative estimate of drug-likeness (QED) is 0.851. The number of likely N-dealkylation sites (tertiary alicyclic amines) is 2. The Morgan fingerprint density at radius 1 is 0.867 bits per heavy atom. The fraction of sp³-hybridized carbons (Fsp3) is 0.375. The summed E-state index contributed by atoms with van der Waals surface area (Å²) in [6, 6.07) is 16.6. The molecule has 2 aliphatic rings. The van der Waals surface area contributed by atoms with E-state index < -0.39 is 0 Å². The molecule has 2 aliphatic heterocycles. The van der Waals surface area contributed by atoms with Gasteiger partial charge in [0.2, 0.25) is 5.91 Å². The SMILES string of the molecule is CC(=O)Nc1ccc(C(=O)N2CCC[C@@H]3CN(C(=O)c4ccccc4)CC[C@@H]32)cc1. The van der Waals surface area contributed by atoms with Gasteiger partial charge in [-0.1, -0.05) is 18.2 Å². The van der Waals surface area contributed by atoms with E-state index in [2.05, 4.69) is 5.32 Å². The van der Waals surface area contributed by atoms with Crippen molar-refractivity contribution in [2.45, 2.75) is 32.2 Å². The van der Waals surface area contributed by atoms with Gasteiger partial charge in [-0.05, 0) is 61.6 Å². The van der Waals surface area contributed by atoms with E-state index in [-0.39, 0.29) is 23.8 Å². The molecule has 2 aromatic rings. The van der Waals surface area contributed by atoms with E-state index in [1.54, 1.807) is 24.3 Å². The Kier molecular flexibility index (Phi) is 5.84. The zero-order valence-electron chi connectivity index (χ0n) is 17.2. The minimum absolute atomic E-state index is 0.0295. The van der Waals surface area contributed by atoms with E-state index in [1.165, 1.54) is 6.92 Å². The predicted octanol–water partition coefficient (Wildman–Crippen LogP) is 3.41. The Morgan fingerprint density at radius 3 is 2.27 bits per heavy atom. The topological polar surface area (TPSA) is 69.7 Å². The lowest BCUT2D eigenvalue weighted by Gasteiger charge is -2.47. The van der Waals surface area contributed by atoms with Gasteiger partial charge in [0.1, 0.15) is 0 Å². The molecule has 2 saturated heterocycles. The molecule has 2 fully saturated rings. The molecule has 6 heteroatoms. The van der Waals surface area contributed by atoms with Crippen molar-refractivity contribution < 1.29 is 14.4 Å². The van der Waals surface area contributed by atoms with Crippen molar-refractivity contribution in [2.24, 2.45) is 5.92 Å². The van der Waals surface area contributed by atoms with Crippen LogP contribution in [-0.2, 0) is 4.79 Å². The molecule has 2 aromatic carbocycles. The van der Waals surface area contributed by atoms with Crippen LogP contribution in [0.15, 0.2) is 54.6 Å². The molecule has 156 valence electrons. The van der Waals surface area contributed by atoms with Gasteiger partial charge in [0.05, 0.1) is 0 Å². The number of anilines is 1. The maximum atomic E-state index is 13.2. The smallest absolute Gasteiger partial charge is 0.254 e. The summed E-state index contributed by atoms with van der Waals surface area (Å²) in [5.74, 6) is 0.278. The van der Waals surface area contributed by atoms with Gasteiger partial charge in [0.25, 0.3) is 11.8 Å². The van der Waals surface area contributed by atoms with Gasteiger partial charge in [0, 0.05) is 49.4 Å². The summed E-state index contributed by atoms with van der Waals surface area (Å²) >= 11 is 0. The fourth-order valence-electron chi connectivity index (χ4n) is 4.67. The molecule has 0 spiro atoms. The van der Waals surface area contributed by atoms with Crippen molar-refractivity contribution in [3.05, 3.63) is 65.7 Å². The van der Waals surface area contributed by atoms with E-state index in [9.17, 15) is 14.4 Å². The van der Waals surface area contributed by atoms with Gasteiger partial charge in [-0.2, -0.15) is 0 Å². The lowest BCUT2D eigenvalue weighted by Crippen LogP contribution is -2.56. The number of benzene rings is 2. The van der Waals surface area contributed by atoms with Crippen molar-refractivity contribution in [1.29, 1.82) is 0 Å². The zero-order valence-corrected chi connectivity index (χ0v) is 17.2. The van der Waals surface area contributed by atoms with Crippen LogP contribution in [0, 0.1) is 5.92 Å². The first-order chi connectivity index (χ1) is 14.5. The molecule has 0 radical (unpaired) electrons. The van der Waals surface area contributed by atoms with Gasteiger partial charge in [-0.15, -0.1) is 0 Å². The number of carbonyl (C=O) groups excluding carboxylic acids is 3. The zero-order chi connectivity index (χ0) is 21.1. The average Bonchev–Trinajstić information content (AvgIpc) is 2.78. The van der Waals surface area contributed by atoms with Crippen molar-refractivity contribution in [1.82, 2.24) is 9.80 Å². The molecule has 2 atom stereocenters. The molecule has 0 aliphatic carbocycles. The Morgan fingerprint density at radius 2 is 1.57 bits per heavy atom. The average molecular weight is 405 g/mol. The molecule has 2 heterocycles. The van der Waals surface area contributed by atoms with Crippen LogP contribution in [0.4, 0.5) is 5.69 Å². The van der Waals surface area contributed by atoms with Crippen LogP contribution < -0.4 is 5.32 Å². The fourth-order valence-corrected chi connectivity index (χ4v) is 4.67. The van der Waals surface area contributed by atoms with Crippen molar-refractivity contribution in [3.63, 3.8) is 0 Å². The number of hydrogen-bond donors (Lipinski definition) is 1. The first kappa shape index (κ1) is 20.1. The van der Waals surface area contributed by atoms with Gasteiger partial charge >= 0.3 is 0 Å². The summed E-state index contributed by atoms with van der Waals surface area (Å²) in [5, 5.41) is 2.72. The highest BCUT2D eigenvalue weighted by atomic mass is 16.2. The van der Waals surface area contributed by atoms with E-state index in [4.69, 9.17) is 0 Å². The number of nitrogens with one attached hydrogen (secondary N) is 1. The van der Waals surface area contributed by atoms with Gasteiger partial charge in [-0.3, -0.25) is 14.4 Å². The summed E-state index contributed by atoms with van der Waals surface area (Å²) in [6.07, 6.45) is 2.79. The number of piperidine rings is 2. The maximum absolute atomic E-state index is 13.2. The van der Waals surface area contributed by atoms with Crippen LogP contribution in [0.5, 0.6) is 0 Å². The van der Waals surface area contributed by atoms with Crippen molar-refractivity contribution in [2.75, 3.05) is 25.0 Å². The van der Waals surface area contributed by atoms with E-state index >= 15 is 0 Å². The Balaban J connectivity index is 1.44. The van der Waals surface area contributed by atoms with Crippen LogP contribution in [0.2, 0.25) is 0 Å². The third kappa shape index (κ3) is 4.22. The minimum atomic E-state index is -0.134. The highest BCUT2D eigenvalue weighted by Gasteiger charge is 2.39. The lowest BCUT2D eigenvalue weighted by molar-refractivity contribution is -0.114. The van der Waals surface area contributed by atoms with Crippen LogP contribution >= 0.6 is 0 Å². The molecule has 4 rings (SSSR count). The highest BCUT2D eigenvalue weighted by molar-refractivity contribution is 5.96. The molecule has 0 unspecified atom stereocenters. The Labute approximate surface area is 176 Å². The summed E-state index contributed by atoms with van der Waals surface area (Å²) in [5.41, 5.74) is 2.04. The molecular weight excluding hydrogens is 378 g/mol. The number of amides is 3. The van der Waals surface area contributed by atoms with Crippen molar-refractivity contribution >= 4 is 23.4 Å². The number of nitrogens with zero attached hydrogens (tertiary/aromatic N) is 2. The Bertz CT molecular complexity index is 926. The monoisotopic (exact) mass is 405 g/mol. The molecule has 3 amide bonds. The standard InChI is InChI=1S/C24H27N3O3/c1-17(28)25-21-11-9-19(10-12-21)24(30)27-14-5-8-20-16-26(15-13-22(20)27)23(29)18-6-3-2-4-7-18/h2-4,6-7,9-12,20,22H,5,8,13-16H2,1H3,(H,25,28)/t20-,22+/m1/s1. The predicted molar refractivity (Wildman–Crippen MR) is 115 cm³/mol. The second-order valence-electron chi connectivity index (χ2n) is 8.13. The molecule has 0 saturated carbocycles. The van der Waals surface area contributed by atoms with Crippen molar-refractivity contribution in [3.8, 4) is 0 Å². The normalized spacial score (nSPS) is 21.0. The second-order valence-corrected chi connectivity index (χ2v) is 8.13. The molecule has 0 bridgehead atoms. The number of fused-ring (bicyclic) bond motifs is 1. The lowest BCUT2D eigenvalue weighted by atomic mass is 9.83. The van der Waals surface area contributed by atoms with Gasteiger partial charge < -0.3 is 15.1 Å². The van der Waals surface area contributed by atoms with Crippen LogP contribution in [0.1, 0.15) is 46.9 Å². The van der Waals surface area contributed by atoms with Gasteiger partial charge in [0.15, 0.2) is 0 Å². The highest BCUT2D eigenvalue weighted by Crippen LogP contribution is 2.32. The third-order valence-corrected chi connectivity index (χ3v) is 6.09.